The van der Waals surface area contributed by atoms with Crippen LogP contribution in [0.5, 0.6) is 23.0 Å². The largest absolute Gasteiger partial charge is 0.493 e. The van der Waals surface area contributed by atoms with E-state index >= 15 is 0 Å². The lowest BCUT2D eigenvalue weighted by Gasteiger charge is -2.26. The predicted octanol–water partition coefficient (Wildman–Crippen LogP) is 4.49. The molecule has 1 aliphatic heterocycles. The third kappa shape index (κ3) is 6.78. The first kappa shape index (κ1) is 26.3. The van der Waals surface area contributed by atoms with Gasteiger partial charge >= 0.3 is 0 Å². The van der Waals surface area contributed by atoms with Crippen molar-refractivity contribution >= 4 is 22.6 Å². The number of amides is 1. The lowest BCUT2D eigenvalue weighted by atomic mass is 10.2. The fraction of sp³-hybridized carbons (Fsp3) is 0.310. The zero-order valence-electron chi connectivity index (χ0n) is 22.1. The quantitative estimate of drug-likeness (QED) is 0.297. The second-order valence-electron chi connectivity index (χ2n) is 9.14. The van der Waals surface area contributed by atoms with Crippen molar-refractivity contribution in [1.82, 2.24) is 19.9 Å². The Morgan fingerprint density at radius 2 is 1.85 bits per heavy atom. The summed E-state index contributed by atoms with van der Waals surface area (Å²) >= 11 is 0. The van der Waals surface area contributed by atoms with Gasteiger partial charge in [-0.2, -0.15) is 0 Å². The van der Waals surface area contributed by atoms with Gasteiger partial charge in [0.15, 0.2) is 11.5 Å². The first-order valence-electron chi connectivity index (χ1n) is 12.9. The molecule has 1 fully saturated rings. The number of aromatic nitrogens is 3. The summed E-state index contributed by atoms with van der Waals surface area (Å²) in [6, 6.07) is 12.5. The molecule has 10 heteroatoms. The average Bonchev–Trinajstić information content (AvgIpc) is 2.96. The van der Waals surface area contributed by atoms with Crippen LogP contribution in [0.25, 0.3) is 10.9 Å². The van der Waals surface area contributed by atoms with Gasteiger partial charge in [-0.1, -0.05) is 0 Å². The molecule has 5 rings (SSSR count). The number of methoxy groups -OCH3 is 1. The van der Waals surface area contributed by atoms with E-state index in [2.05, 4.69) is 25.2 Å². The molecule has 0 bridgehead atoms. The number of fused-ring (bicyclic) bond motifs is 1. The predicted molar refractivity (Wildman–Crippen MR) is 147 cm³/mol. The monoisotopic (exact) mass is 529 g/mol. The molecule has 0 radical (unpaired) electrons. The number of hydrogen-bond donors (Lipinski definition) is 1. The van der Waals surface area contributed by atoms with Gasteiger partial charge in [-0.25, -0.2) is 4.98 Å². The van der Waals surface area contributed by atoms with Crippen LogP contribution < -0.4 is 19.5 Å². The number of nitrogens with zero attached hydrogens (tertiary/aromatic N) is 4. The highest BCUT2D eigenvalue weighted by Gasteiger charge is 2.14. The molecule has 39 heavy (non-hydrogen) atoms. The maximum absolute atomic E-state index is 12.5. The summed E-state index contributed by atoms with van der Waals surface area (Å²) in [7, 11) is 1.61. The fourth-order valence-electron chi connectivity index (χ4n) is 4.27. The Hall–Kier alpha value is -4.28. The summed E-state index contributed by atoms with van der Waals surface area (Å²) in [5.74, 6) is 2.42. The zero-order valence-corrected chi connectivity index (χ0v) is 22.1. The minimum Gasteiger partial charge on any atom is -0.493 e. The topological polar surface area (TPSA) is 108 Å². The Morgan fingerprint density at radius 1 is 1.00 bits per heavy atom. The molecule has 0 atom stereocenters. The van der Waals surface area contributed by atoms with Crippen molar-refractivity contribution in [3.8, 4) is 23.0 Å². The molecule has 10 nitrogen and oxygen atoms in total. The van der Waals surface area contributed by atoms with E-state index in [0.29, 0.717) is 41.1 Å². The molecule has 4 heterocycles. The van der Waals surface area contributed by atoms with Crippen molar-refractivity contribution in [1.29, 1.82) is 0 Å². The normalized spacial score (nSPS) is 13.7. The van der Waals surface area contributed by atoms with Crippen molar-refractivity contribution in [2.75, 3.05) is 51.9 Å². The number of carbonyl (C=O) groups is 1. The molecule has 3 aromatic heterocycles. The Morgan fingerprint density at radius 3 is 2.62 bits per heavy atom. The number of nitrogens with one attached hydrogen (secondary N) is 1. The number of carbonyl (C=O) groups excluding carboxylic acids is 1. The first-order valence-corrected chi connectivity index (χ1v) is 12.9. The maximum atomic E-state index is 12.5. The number of pyridine rings is 3. The Kier molecular flexibility index (Phi) is 8.45. The van der Waals surface area contributed by atoms with Crippen molar-refractivity contribution < 1.29 is 23.7 Å². The average molecular weight is 530 g/mol. The van der Waals surface area contributed by atoms with E-state index in [9.17, 15) is 4.79 Å². The molecule has 0 spiro atoms. The molecular weight excluding hydrogens is 498 g/mol. The molecule has 1 amide bonds. The lowest BCUT2D eigenvalue weighted by molar-refractivity contribution is 0.0357. The van der Waals surface area contributed by atoms with Crippen molar-refractivity contribution in [2.45, 2.75) is 13.3 Å². The second-order valence-corrected chi connectivity index (χ2v) is 9.14. The van der Waals surface area contributed by atoms with Gasteiger partial charge in [0.25, 0.3) is 5.91 Å². The van der Waals surface area contributed by atoms with Gasteiger partial charge in [-0.3, -0.25) is 19.7 Å². The number of anilines is 1. The molecule has 1 aliphatic rings. The van der Waals surface area contributed by atoms with Gasteiger partial charge in [-0.15, -0.1) is 0 Å². The molecule has 0 unspecified atom stereocenters. The highest BCUT2D eigenvalue weighted by atomic mass is 16.5. The highest BCUT2D eigenvalue weighted by molar-refractivity contribution is 6.02. The molecule has 1 aromatic carbocycles. The van der Waals surface area contributed by atoms with Crippen LogP contribution in [0.1, 0.15) is 22.5 Å². The third-order valence-electron chi connectivity index (χ3n) is 6.32. The van der Waals surface area contributed by atoms with E-state index in [0.717, 1.165) is 55.7 Å². The zero-order chi connectivity index (χ0) is 27.0. The number of ether oxygens (including phenoxy) is 4. The molecule has 4 aromatic rings. The van der Waals surface area contributed by atoms with Crippen molar-refractivity contribution in [3.05, 3.63) is 72.3 Å². The molecule has 0 saturated carbocycles. The molecule has 1 N–H and O–H groups in total. The van der Waals surface area contributed by atoms with Crippen LogP contribution in [-0.2, 0) is 4.74 Å². The number of hydrogen-bond acceptors (Lipinski definition) is 9. The number of rotatable bonds is 10. The first-order chi connectivity index (χ1) is 19.1. The van der Waals surface area contributed by atoms with E-state index in [4.69, 9.17) is 18.9 Å². The standard InChI is InChI=1S/C29H31N5O5/c1-20-6-8-31-24(16-20)29(35)33-28-5-4-21(19-32-28)39-25-7-9-30-23-18-27(26(36-2)17-22(23)25)38-13-3-10-34-11-14-37-15-12-34/h4-9,16-19H,3,10-15H2,1-2H3,(H,32,33,35). The SMILES string of the molecule is COc1cc2c(Oc3ccc(NC(=O)c4cc(C)ccn4)nc3)ccnc2cc1OCCCN1CCOCC1. The molecule has 0 aliphatic carbocycles. The van der Waals surface area contributed by atoms with Gasteiger partial charge in [0.1, 0.15) is 23.0 Å². The fourth-order valence-corrected chi connectivity index (χ4v) is 4.27. The molecule has 1 saturated heterocycles. The van der Waals surface area contributed by atoms with Crippen LogP contribution in [-0.4, -0.2) is 72.3 Å². The van der Waals surface area contributed by atoms with Crippen LogP contribution in [0.15, 0.2) is 61.1 Å². The van der Waals surface area contributed by atoms with E-state index in [1.165, 1.54) is 0 Å². The summed E-state index contributed by atoms with van der Waals surface area (Å²) < 4.78 is 23.2. The van der Waals surface area contributed by atoms with Gasteiger partial charge in [-0.05, 0) is 55.3 Å². The lowest BCUT2D eigenvalue weighted by Crippen LogP contribution is -2.37. The summed E-state index contributed by atoms with van der Waals surface area (Å²) in [5, 5.41) is 3.53. The Bertz CT molecular complexity index is 1420. The second kappa shape index (κ2) is 12.5. The Balaban J connectivity index is 1.24. The third-order valence-corrected chi connectivity index (χ3v) is 6.32. The van der Waals surface area contributed by atoms with Gasteiger partial charge in [0, 0.05) is 43.5 Å². The minimum atomic E-state index is -0.328. The van der Waals surface area contributed by atoms with Gasteiger partial charge < -0.3 is 24.3 Å². The maximum Gasteiger partial charge on any atom is 0.275 e. The summed E-state index contributed by atoms with van der Waals surface area (Å²) in [6.07, 6.45) is 5.74. The van der Waals surface area contributed by atoms with Crippen LogP contribution in [0.4, 0.5) is 5.82 Å². The minimum absolute atomic E-state index is 0.328. The van der Waals surface area contributed by atoms with Crippen LogP contribution >= 0.6 is 0 Å². The van der Waals surface area contributed by atoms with Crippen molar-refractivity contribution in [3.63, 3.8) is 0 Å². The van der Waals surface area contributed by atoms with Crippen LogP contribution in [0.3, 0.4) is 0 Å². The number of morpholine rings is 1. The van der Waals surface area contributed by atoms with Crippen molar-refractivity contribution in [2.24, 2.45) is 0 Å². The summed E-state index contributed by atoms with van der Waals surface area (Å²) in [6.45, 7) is 6.95. The van der Waals surface area contributed by atoms with E-state index < -0.39 is 0 Å². The van der Waals surface area contributed by atoms with Gasteiger partial charge in [0.05, 0.1) is 38.6 Å². The molecular formula is C29H31N5O5. The smallest absolute Gasteiger partial charge is 0.275 e. The van der Waals surface area contributed by atoms with Crippen LogP contribution in [0.2, 0.25) is 0 Å². The highest BCUT2D eigenvalue weighted by Crippen LogP contribution is 2.37. The summed E-state index contributed by atoms with van der Waals surface area (Å²) in [4.78, 5) is 27.7. The summed E-state index contributed by atoms with van der Waals surface area (Å²) in [5.41, 5.74) is 2.00. The van der Waals surface area contributed by atoms with E-state index in [1.807, 2.05) is 25.1 Å². The molecule has 202 valence electrons. The Labute approximate surface area is 226 Å². The van der Waals surface area contributed by atoms with Crippen LogP contribution in [0, 0.1) is 6.92 Å². The number of benzene rings is 1. The number of aryl methyl sites for hydroxylation is 1. The van der Waals surface area contributed by atoms with Gasteiger partial charge in [0.2, 0.25) is 0 Å². The van der Waals surface area contributed by atoms with E-state index in [1.54, 1.807) is 50.0 Å². The van der Waals surface area contributed by atoms with E-state index in [-0.39, 0.29) is 5.91 Å².